The summed E-state index contributed by atoms with van der Waals surface area (Å²) in [6.07, 6.45) is 10.7. The van der Waals surface area contributed by atoms with Gasteiger partial charge in [0.25, 0.3) is 0 Å². The van der Waals surface area contributed by atoms with Crippen LogP contribution in [0.15, 0.2) is 42.6 Å². The Labute approximate surface area is 144 Å². The number of aromatic nitrogens is 1. The molecule has 0 atom stereocenters. The van der Waals surface area contributed by atoms with Crippen molar-refractivity contribution in [2.45, 2.75) is 32.2 Å². The number of nitrogens with two attached hydrogens (primary N) is 1. The summed E-state index contributed by atoms with van der Waals surface area (Å²) in [5.41, 5.74) is 7.42. The highest BCUT2D eigenvalue weighted by molar-refractivity contribution is 5.70. The van der Waals surface area contributed by atoms with Gasteiger partial charge in [0.2, 0.25) is 5.69 Å². The Hall–Kier alpha value is -2.33. The molecule has 0 bridgehead atoms. The van der Waals surface area contributed by atoms with Crippen LogP contribution in [0.3, 0.4) is 0 Å². The van der Waals surface area contributed by atoms with Crippen molar-refractivity contribution in [3.63, 3.8) is 0 Å². The first-order chi connectivity index (χ1) is 11.7. The van der Waals surface area contributed by atoms with Crippen molar-refractivity contribution in [1.29, 1.82) is 0 Å². The van der Waals surface area contributed by atoms with Crippen molar-refractivity contribution in [1.82, 2.24) is 0 Å². The Morgan fingerprint density at radius 1 is 1.08 bits per heavy atom. The summed E-state index contributed by atoms with van der Waals surface area (Å²) in [6, 6.07) is 11.5. The van der Waals surface area contributed by atoms with Gasteiger partial charge in [-0.15, -0.1) is 0 Å². The number of pyridine rings is 1. The van der Waals surface area contributed by atoms with E-state index in [4.69, 9.17) is 10.5 Å². The molecule has 0 unspecified atom stereocenters. The lowest BCUT2D eigenvalue weighted by Gasteiger charge is -2.03. The van der Waals surface area contributed by atoms with Gasteiger partial charge in [-0.3, -0.25) is 0 Å². The van der Waals surface area contributed by atoms with Crippen molar-refractivity contribution in [2.24, 2.45) is 5.73 Å². The van der Waals surface area contributed by atoms with E-state index in [1.165, 1.54) is 12.8 Å². The minimum atomic E-state index is 0.217. The topological polar surface area (TPSA) is 59.4 Å². The number of phenolic OH excluding ortho intramolecular Hbond substituents is 1. The van der Waals surface area contributed by atoms with Crippen LogP contribution in [0.2, 0.25) is 0 Å². The maximum Gasteiger partial charge on any atom is 0.205 e. The molecule has 3 N–H and O–H groups in total. The van der Waals surface area contributed by atoms with Gasteiger partial charge in [-0.2, -0.15) is 4.57 Å². The Morgan fingerprint density at radius 3 is 2.67 bits per heavy atom. The molecule has 0 spiro atoms. The van der Waals surface area contributed by atoms with Gasteiger partial charge in [0, 0.05) is 36.3 Å². The SMILES string of the molecule is COc1ccc(/C=C/c2cccc[n+]2CCCCCCN)c(O)c1. The standard InChI is InChI=1S/C20H26N2O2/c1-24-19-12-10-17(20(23)16-19)9-11-18-8-4-7-15-22(18)14-6-3-2-5-13-21/h4,7-12,15-16H,2-3,5-6,13-14,21H2,1H3/p+1. The molecule has 24 heavy (non-hydrogen) atoms. The zero-order valence-electron chi connectivity index (χ0n) is 14.3. The molecule has 0 aliphatic rings. The largest absolute Gasteiger partial charge is 0.507 e. The normalized spacial score (nSPS) is 11.1. The Morgan fingerprint density at radius 2 is 1.92 bits per heavy atom. The fourth-order valence-electron chi connectivity index (χ4n) is 2.59. The van der Waals surface area contributed by atoms with Crippen LogP contribution >= 0.6 is 0 Å². The first kappa shape index (κ1) is 18.0. The summed E-state index contributed by atoms with van der Waals surface area (Å²) in [7, 11) is 1.59. The molecule has 1 heterocycles. The van der Waals surface area contributed by atoms with Crippen molar-refractivity contribution < 1.29 is 14.4 Å². The summed E-state index contributed by atoms with van der Waals surface area (Å²) in [5.74, 6) is 0.867. The highest BCUT2D eigenvalue weighted by Gasteiger charge is 2.07. The first-order valence-corrected chi connectivity index (χ1v) is 8.48. The van der Waals surface area contributed by atoms with E-state index in [0.29, 0.717) is 5.75 Å². The fraction of sp³-hybridized carbons (Fsp3) is 0.350. The number of benzene rings is 1. The summed E-state index contributed by atoms with van der Waals surface area (Å²) in [5, 5.41) is 10.0. The number of hydrogen-bond donors (Lipinski definition) is 2. The molecule has 1 aromatic carbocycles. The van der Waals surface area contributed by atoms with Gasteiger partial charge in [-0.25, -0.2) is 0 Å². The molecule has 0 saturated carbocycles. The summed E-state index contributed by atoms with van der Waals surface area (Å²) in [4.78, 5) is 0. The van der Waals surface area contributed by atoms with Gasteiger partial charge in [0.1, 0.15) is 18.0 Å². The summed E-state index contributed by atoms with van der Waals surface area (Å²) in [6.45, 7) is 1.76. The van der Waals surface area contributed by atoms with Gasteiger partial charge in [-0.1, -0.05) is 6.42 Å². The molecule has 0 saturated heterocycles. The predicted molar refractivity (Wildman–Crippen MR) is 97.7 cm³/mol. The van der Waals surface area contributed by atoms with E-state index in [-0.39, 0.29) is 5.75 Å². The van der Waals surface area contributed by atoms with Crippen LogP contribution in [0.4, 0.5) is 0 Å². The summed E-state index contributed by atoms with van der Waals surface area (Å²) < 4.78 is 7.34. The van der Waals surface area contributed by atoms with Crippen molar-refractivity contribution in [3.05, 3.63) is 53.9 Å². The van der Waals surface area contributed by atoms with Crippen molar-refractivity contribution >= 4 is 12.2 Å². The number of hydrogen-bond acceptors (Lipinski definition) is 3. The second kappa shape index (κ2) is 9.73. The lowest BCUT2D eigenvalue weighted by molar-refractivity contribution is -0.699. The third-order valence-corrected chi connectivity index (χ3v) is 4.00. The zero-order valence-corrected chi connectivity index (χ0v) is 14.3. The lowest BCUT2D eigenvalue weighted by atomic mass is 10.1. The number of unbranched alkanes of at least 4 members (excludes halogenated alkanes) is 3. The number of nitrogens with zero attached hydrogens (tertiary/aromatic N) is 1. The number of methoxy groups -OCH3 is 1. The van der Waals surface area contributed by atoms with E-state index < -0.39 is 0 Å². The van der Waals surface area contributed by atoms with Crippen molar-refractivity contribution in [3.8, 4) is 11.5 Å². The number of rotatable bonds is 9. The quantitative estimate of drug-likeness (QED) is 0.548. The van der Waals surface area contributed by atoms with Crippen LogP contribution in [0.5, 0.6) is 11.5 Å². The number of phenols is 1. The molecular formula is C20H27N2O2+. The van der Waals surface area contributed by atoms with Crippen LogP contribution in [0.1, 0.15) is 36.9 Å². The molecule has 0 fully saturated rings. The number of aromatic hydroxyl groups is 1. The van der Waals surface area contributed by atoms with Gasteiger partial charge in [0.05, 0.1) is 7.11 Å². The highest BCUT2D eigenvalue weighted by atomic mass is 16.5. The van der Waals surface area contributed by atoms with Crippen LogP contribution in [0.25, 0.3) is 12.2 Å². The summed E-state index contributed by atoms with van der Waals surface area (Å²) >= 11 is 0. The van der Waals surface area contributed by atoms with Gasteiger partial charge < -0.3 is 15.6 Å². The molecule has 4 nitrogen and oxygen atoms in total. The van der Waals surface area contributed by atoms with Gasteiger partial charge in [-0.05, 0) is 43.7 Å². The molecule has 0 aliphatic heterocycles. The predicted octanol–water partition coefficient (Wildman–Crippen LogP) is 3.38. The third-order valence-electron chi connectivity index (χ3n) is 4.00. The fourth-order valence-corrected chi connectivity index (χ4v) is 2.59. The molecule has 0 aliphatic carbocycles. The van der Waals surface area contributed by atoms with E-state index >= 15 is 0 Å². The molecule has 2 rings (SSSR count). The molecule has 4 heteroatoms. The second-order valence-corrected chi connectivity index (χ2v) is 5.78. The molecule has 0 amide bonds. The molecule has 128 valence electrons. The average molecular weight is 327 g/mol. The maximum atomic E-state index is 10.0. The van der Waals surface area contributed by atoms with Crippen LogP contribution in [-0.4, -0.2) is 18.8 Å². The van der Waals surface area contributed by atoms with Crippen LogP contribution < -0.4 is 15.0 Å². The minimum absolute atomic E-state index is 0.217. The molecule has 1 aromatic heterocycles. The first-order valence-electron chi connectivity index (χ1n) is 8.48. The zero-order chi connectivity index (χ0) is 17.2. The molecule has 0 radical (unpaired) electrons. The Balaban J connectivity index is 2.04. The third kappa shape index (κ3) is 5.39. The molecular weight excluding hydrogens is 300 g/mol. The number of ether oxygens (including phenoxy) is 1. The van der Waals surface area contributed by atoms with E-state index in [1.54, 1.807) is 13.2 Å². The average Bonchev–Trinajstić information content (AvgIpc) is 2.61. The van der Waals surface area contributed by atoms with Crippen LogP contribution in [-0.2, 0) is 6.54 Å². The smallest absolute Gasteiger partial charge is 0.205 e. The Bertz CT molecular complexity index is 668. The van der Waals surface area contributed by atoms with E-state index in [2.05, 4.69) is 16.8 Å². The minimum Gasteiger partial charge on any atom is -0.507 e. The van der Waals surface area contributed by atoms with E-state index in [1.807, 2.05) is 36.4 Å². The lowest BCUT2D eigenvalue weighted by Crippen LogP contribution is -2.36. The second-order valence-electron chi connectivity index (χ2n) is 5.78. The van der Waals surface area contributed by atoms with Crippen molar-refractivity contribution in [2.75, 3.05) is 13.7 Å². The van der Waals surface area contributed by atoms with Crippen LogP contribution in [0, 0.1) is 0 Å². The van der Waals surface area contributed by atoms with Gasteiger partial charge >= 0.3 is 0 Å². The molecule has 2 aromatic rings. The highest BCUT2D eigenvalue weighted by Crippen LogP contribution is 2.24. The van der Waals surface area contributed by atoms with E-state index in [9.17, 15) is 5.11 Å². The Kier molecular flexibility index (Phi) is 7.30. The maximum absolute atomic E-state index is 10.0. The monoisotopic (exact) mass is 327 g/mol. The van der Waals surface area contributed by atoms with E-state index in [0.717, 1.165) is 37.2 Å². The number of aryl methyl sites for hydroxylation is 1. The van der Waals surface area contributed by atoms with Gasteiger partial charge in [0.15, 0.2) is 6.20 Å².